The highest BCUT2D eigenvalue weighted by Crippen LogP contribution is 2.24. The van der Waals surface area contributed by atoms with Gasteiger partial charge in [0.05, 0.1) is 10.0 Å². The van der Waals surface area contributed by atoms with E-state index in [4.69, 9.17) is 27.9 Å². The number of nitrogens with one attached hydrogen (secondary N) is 1. The van der Waals surface area contributed by atoms with Gasteiger partial charge in [-0.25, -0.2) is 0 Å². The van der Waals surface area contributed by atoms with Crippen LogP contribution in [0.4, 0.5) is 0 Å². The van der Waals surface area contributed by atoms with Gasteiger partial charge in [-0.3, -0.25) is 9.59 Å². The number of amides is 2. The molecule has 8 heteroatoms. The van der Waals surface area contributed by atoms with Crippen molar-refractivity contribution < 1.29 is 14.3 Å². The molecule has 2 amide bonds. The Bertz CT molecular complexity index is 891. The van der Waals surface area contributed by atoms with Crippen LogP contribution in [0.3, 0.4) is 0 Å². The Balaban J connectivity index is 2.21. The van der Waals surface area contributed by atoms with Crippen molar-refractivity contribution in [3.05, 3.63) is 62.5 Å². The first-order valence-corrected chi connectivity index (χ1v) is 11.7. The van der Waals surface area contributed by atoms with Crippen molar-refractivity contribution in [2.75, 3.05) is 13.2 Å². The summed E-state index contributed by atoms with van der Waals surface area (Å²) in [5.41, 5.74) is 0.779. The Labute approximate surface area is 202 Å². The van der Waals surface area contributed by atoms with Gasteiger partial charge in [0.2, 0.25) is 5.91 Å². The first-order chi connectivity index (χ1) is 14.7. The summed E-state index contributed by atoms with van der Waals surface area (Å²) in [7, 11) is 0. The van der Waals surface area contributed by atoms with Crippen LogP contribution < -0.4 is 10.1 Å². The molecule has 0 aliphatic rings. The molecule has 0 aromatic heterocycles. The molecule has 0 radical (unpaired) electrons. The summed E-state index contributed by atoms with van der Waals surface area (Å²) in [6, 6.07) is 11.8. The Kier molecular flexibility index (Phi) is 10.1. The monoisotopic (exact) mass is 528 g/mol. The van der Waals surface area contributed by atoms with E-state index in [9.17, 15) is 9.59 Å². The molecule has 0 heterocycles. The molecule has 31 heavy (non-hydrogen) atoms. The van der Waals surface area contributed by atoms with Gasteiger partial charge in [-0.1, -0.05) is 66.0 Å². The van der Waals surface area contributed by atoms with E-state index in [0.29, 0.717) is 34.7 Å². The van der Waals surface area contributed by atoms with Crippen LogP contribution in [0.2, 0.25) is 10.0 Å². The molecule has 0 saturated heterocycles. The van der Waals surface area contributed by atoms with Gasteiger partial charge in [0.25, 0.3) is 5.91 Å². The van der Waals surface area contributed by atoms with Crippen LogP contribution >= 0.6 is 39.1 Å². The lowest BCUT2D eigenvalue weighted by Crippen LogP contribution is -2.50. The lowest BCUT2D eigenvalue weighted by atomic mass is 10.1. The molecule has 1 atom stereocenters. The third-order valence-corrected chi connectivity index (χ3v) is 5.85. The van der Waals surface area contributed by atoms with E-state index >= 15 is 0 Å². The standard InChI is InChI=1S/C23H27BrCl2N2O3/c1-4-21(23(30)27-12-15(2)3)28(13-16-5-10-19(25)20(26)11-16)22(29)14-31-18-8-6-17(24)7-9-18/h5-11,15,21H,4,12-14H2,1-3H3,(H,27,30). The van der Waals surface area contributed by atoms with Gasteiger partial charge in [0.15, 0.2) is 6.61 Å². The molecule has 2 rings (SSSR count). The van der Waals surface area contributed by atoms with E-state index in [1.54, 1.807) is 30.3 Å². The summed E-state index contributed by atoms with van der Waals surface area (Å²) in [6.07, 6.45) is 0.468. The molecule has 0 saturated carbocycles. The number of benzene rings is 2. The van der Waals surface area contributed by atoms with Crippen molar-refractivity contribution in [1.29, 1.82) is 0 Å². The second-order valence-electron chi connectivity index (χ2n) is 7.58. The van der Waals surface area contributed by atoms with Gasteiger partial charge >= 0.3 is 0 Å². The molecule has 168 valence electrons. The number of rotatable bonds is 10. The maximum atomic E-state index is 13.1. The zero-order chi connectivity index (χ0) is 23.0. The third kappa shape index (κ3) is 8.02. The van der Waals surface area contributed by atoms with Gasteiger partial charge in [-0.05, 0) is 54.3 Å². The Hall–Kier alpha value is -1.76. The van der Waals surface area contributed by atoms with E-state index in [1.807, 2.05) is 32.9 Å². The van der Waals surface area contributed by atoms with Crippen molar-refractivity contribution in [2.45, 2.75) is 39.8 Å². The van der Waals surface area contributed by atoms with Gasteiger partial charge in [0, 0.05) is 17.6 Å². The first kappa shape index (κ1) is 25.5. The SMILES string of the molecule is CCC(C(=O)NCC(C)C)N(Cc1ccc(Cl)c(Cl)c1)C(=O)COc1ccc(Br)cc1. The smallest absolute Gasteiger partial charge is 0.261 e. The zero-order valence-electron chi connectivity index (χ0n) is 17.8. The minimum atomic E-state index is -0.630. The van der Waals surface area contributed by atoms with E-state index in [-0.39, 0.29) is 25.0 Å². The summed E-state index contributed by atoms with van der Waals surface area (Å²) in [6.45, 7) is 6.49. The molecule has 0 aliphatic heterocycles. The Morgan fingerprint density at radius 3 is 2.35 bits per heavy atom. The fraction of sp³-hybridized carbons (Fsp3) is 0.391. The number of halogens is 3. The number of nitrogens with zero attached hydrogens (tertiary/aromatic N) is 1. The van der Waals surface area contributed by atoms with E-state index < -0.39 is 6.04 Å². The highest BCUT2D eigenvalue weighted by Gasteiger charge is 2.29. The van der Waals surface area contributed by atoms with Crippen LogP contribution in [0.1, 0.15) is 32.8 Å². The maximum Gasteiger partial charge on any atom is 0.261 e. The van der Waals surface area contributed by atoms with E-state index in [0.717, 1.165) is 10.0 Å². The van der Waals surface area contributed by atoms with Gasteiger partial charge < -0.3 is 15.0 Å². The lowest BCUT2D eigenvalue weighted by Gasteiger charge is -2.31. The van der Waals surface area contributed by atoms with Crippen molar-refractivity contribution in [1.82, 2.24) is 10.2 Å². The second-order valence-corrected chi connectivity index (χ2v) is 9.31. The molecule has 2 aromatic rings. The number of hydrogen-bond donors (Lipinski definition) is 1. The molecule has 5 nitrogen and oxygen atoms in total. The predicted octanol–water partition coefficient (Wildman–Crippen LogP) is 5.71. The quantitative estimate of drug-likeness (QED) is 0.428. The molecule has 1 N–H and O–H groups in total. The van der Waals surface area contributed by atoms with E-state index in [1.165, 1.54) is 4.90 Å². The van der Waals surface area contributed by atoms with Crippen LogP contribution in [-0.4, -0.2) is 35.9 Å². The van der Waals surface area contributed by atoms with Crippen LogP contribution in [0.5, 0.6) is 5.75 Å². The Morgan fingerprint density at radius 2 is 1.77 bits per heavy atom. The van der Waals surface area contributed by atoms with Crippen molar-refractivity contribution in [3.8, 4) is 5.75 Å². The number of hydrogen-bond acceptors (Lipinski definition) is 3. The van der Waals surface area contributed by atoms with Crippen molar-refractivity contribution >= 4 is 50.9 Å². The van der Waals surface area contributed by atoms with Crippen LogP contribution in [0.25, 0.3) is 0 Å². The van der Waals surface area contributed by atoms with Crippen LogP contribution in [0.15, 0.2) is 46.9 Å². The highest BCUT2D eigenvalue weighted by molar-refractivity contribution is 9.10. The Morgan fingerprint density at radius 1 is 1.10 bits per heavy atom. The molecular weight excluding hydrogens is 503 g/mol. The van der Waals surface area contributed by atoms with Gasteiger partial charge in [0.1, 0.15) is 11.8 Å². The average molecular weight is 530 g/mol. The van der Waals surface area contributed by atoms with Crippen LogP contribution in [-0.2, 0) is 16.1 Å². The minimum absolute atomic E-state index is 0.184. The predicted molar refractivity (Wildman–Crippen MR) is 129 cm³/mol. The molecule has 0 spiro atoms. The third-order valence-electron chi connectivity index (χ3n) is 4.58. The molecular formula is C23H27BrCl2N2O3. The molecule has 0 fully saturated rings. The lowest BCUT2D eigenvalue weighted by molar-refractivity contribution is -0.143. The summed E-state index contributed by atoms with van der Waals surface area (Å²) in [5, 5.41) is 3.76. The first-order valence-electron chi connectivity index (χ1n) is 10.1. The average Bonchev–Trinajstić information content (AvgIpc) is 2.74. The molecule has 2 aromatic carbocycles. The van der Waals surface area contributed by atoms with Gasteiger partial charge in [-0.2, -0.15) is 0 Å². The maximum absolute atomic E-state index is 13.1. The van der Waals surface area contributed by atoms with Crippen molar-refractivity contribution in [3.63, 3.8) is 0 Å². The number of carbonyl (C=O) groups is 2. The molecule has 0 aliphatic carbocycles. The van der Waals surface area contributed by atoms with Crippen molar-refractivity contribution in [2.24, 2.45) is 5.92 Å². The summed E-state index contributed by atoms with van der Waals surface area (Å²) < 4.78 is 6.58. The number of ether oxygens (including phenoxy) is 1. The zero-order valence-corrected chi connectivity index (χ0v) is 20.9. The normalized spacial score (nSPS) is 11.8. The van der Waals surface area contributed by atoms with E-state index in [2.05, 4.69) is 21.2 Å². The summed E-state index contributed by atoms with van der Waals surface area (Å²) in [5.74, 6) is 0.401. The number of carbonyl (C=O) groups excluding carboxylic acids is 2. The second kappa shape index (κ2) is 12.3. The minimum Gasteiger partial charge on any atom is -0.484 e. The van der Waals surface area contributed by atoms with Crippen LogP contribution in [0, 0.1) is 5.92 Å². The summed E-state index contributed by atoms with van der Waals surface area (Å²) >= 11 is 15.5. The topological polar surface area (TPSA) is 58.6 Å². The fourth-order valence-electron chi connectivity index (χ4n) is 2.94. The largest absolute Gasteiger partial charge is 0.484 e. The fourth-order valence-corrected chi connectivity index (χ4v) is 3.52. The summed E-state index contributed by atoms with van der Waals surface area (Å²) in [4.78, 5) is 27.5. The molecule has 0 bridgehead atoms. The molecule has 1 unspecified atom stereocenters. The highest BCUT2D eigenvalue weighted by atomic mass is 79.9. The van der Waals surface area contributed by atoms with Gasteiger partial charge in [-0.15, -0.1) is 0 Å².